The topological polar surface area (TPSA) is 69.7 Å². The van der Waals surface area contributed by atoms with Gasteiger partial charge in [0.15, 0.2) is 5.78 Å². The number of carbonyl (C=O) groups is 3. The molecule has 5 heteroatoms. The van der Waals surface area contributed by atoms with E-state index in [1.165, 1.54) is 0 Å². The van der Waals surface area contributed by atoms with Crippen LogP contribution >= 0.6 is 0 Å². The van der Waals surface area contributed by atoms with Gasteiger partial charge in [0.2, 0.25) is 6.10 Å². The molecule has 1 saturated heterocycles. The molecule has 0 spiro atoms. The molecule has 0 amide bonds. The van der Waals surface area contributed by atoms with Gasteiger partial charge in [-0.2, -0.15) is 0 Å². The average Bonchev–Trinajstić information content (AvgIpc) is 3.05. The van der Waals surface area contributed by atoms with Crippen LogP contribution < -0.4 is 0 Å². The monoisotopic (exact) mass is 338 g/mol. The highest BCUT2D eigenvalue weighted by Crippen LogP contribution is 2.20. The summed E-state index contributed by atoms with van der Waals surface area (Å²) in [7, 11) is 0. The maximum Gasteiger partial charge on any atom is 0.347 e. The van der Waals surface area contributed by atoms with E-state index in [-0.39, 0.29) is 25.2 Å². The quantitative estimate of drug-likeness (QED) is 0.598. The second-order valence-electron chi connectivity index (χ2n) is 5.80. The Kier molecular flexibility index (Phi) is 5.23. The molecule has 25 heavy (non-hydrogen) atoms. The van der Waals surface area contributed by atoms with Crippen LogP contribution in [0.1, 0.15) is 29.6 Å². The van der Waals surface area contributed by atoms with E-state index in [1.807, 2.05) is 42.5 Å². The summed E-state index contributed by atoms with van der Waals surface area (Å²) in [4.78, 5) is 35.2. The number of rotatable bonds is 6. The number of cyclic esters (lactones) is 1. The molecule has 0 saturated carbocycles. The van der Waals surface area contributed by atoms with Crippen LogP contribution in [0.15, 0.2) is 54.6 Å². The second-order valence-corrected chi connectivity index (χ2v) is 5.80. The number of esters is 2. The Labute approximate surface area is 145 Å². The van der Waals surface area contributed by atoms with Gasteiger partial charge in [0, 0.05) is 18.4 Å². The molecule has 0 aliphatic carbocycles. The molecule has 2 aromatic carbocycles. The molecule has 0 unspecified atom stereocenters. The molecule has 2 aromatic rings. The molecule has 5 nitrogen and oxygen atoms in total. The van der Waals surface area contributed by atoms with Gasteiger partial charge in [-0.25, -0.2) is 4.79 Å². The molecule has 1 fully saturated rings. The van der Waals surface area contributed by atoms with Crippen LogP contribution in [0.2, 0.25) is 0 Å². The van der Waals surface area contributed by atoms with Gasteiger partial charge < -0.3 is 9.47 Å². The summed E-state index contributed by atoms with van der Waals surface area (Å²) in [5, 5.41) is 0. The third kappa shape index (κ3) is 4.32. The van der Waals surface area contributed by atoms with Gasteiger partial charge in [0.05, 0.1) is 13.0 Å². The van der Waals surface area contributed by atoms with Crippen LogP contribution in [0.5, 0.6) is 0 Å². The standard InChI is InChI=1S/C20H18O5/c21-17(10-11-19(22)25-18-12-13-24-20(18)23)16-8-6-15(7-9-16)14-4-2-1-3-5-14/h1-9,18H,10-13H2/t18-/m1/s1. The van der Waals surface area contributed by atoms with Crippen LogP contribution in [-0.4, -0.2) is 30.4 Å². The highest BCUT2D eigenvalue weighted by Gasteiger charge is 2.30. The molecule has 0 bridgehead atoms. The predicted molar refractivity (Wildman–Crippen MR) is 90.9 cm³/mol. The maximum atomic E-state index is 12.2. The third-order valence-corrected chi connectivity index (χ3v) is 4.03. The number of hydrogen-bond donors (Lipinski definition) is 0. The normalized spacial score (nSPS) is 16.3. The fourth-order valence-corrected chi connectivity index (χ4v) is 2.64. The highest BCUT2D eigenvalue weighted by molar-refractivity contribution is 5.98. The van der Waals surface area contributed by atoms with Crippen molar-refractivity contribution in [2.45, 2.75) is 25.4 Å². The van der Waals surface area contributed by atoms with Crippen molar-refractivity contribution >= 4 is 17.7 Å². The average molecular weight is 338 g/mol. The number of carbonyl (C=O) groups excluding carboxylic acids is 3. The van der Waals surface area contributed by atoms with Gasteiger partial charge in [-0.1, -0.05) is 54.6 Å². The van der Waals surface area contributed by atoms with Crippen molar-refractivity contribution in [1.29, 1.82) is 0 Å². The highest BCUT2D eigenvalue weighted by atomic mass is 16.6. The molecule has 1 aliphatic rings. The summed E-state index contributed by atoms with van der Waals surface area (Å²) in [6.45, 7) is 0.267. The lowest BCUT2D eigenvalue weighted by atomic mass is 10.0. The van der Waals surface area contributed by atoms with E-state index in [1.54, 1.807) is 12.1 Å². The van der Waals surface area contributed by atoms with Crippen LogP contribution in [0.25, 0.3) is 11.1 Å². The van der Waals surface area contributed by atoms with E-state index in [4.69, 9.17) is 9.47 Å². The van der Waals surface area contributed by atoms with Crippen molar-refractivity contribution in [1.82, 2.24) is 0 Å². The summed E-state index contributed by atoms with van der Waals surface area (Å²) in [6, 6.07) is 17.1. The van der Waals surface area contributed by atoms with Gasteiger partial charge in [-0.3, -0.25) is 9.59 Å². The molecular weight excluding hydrogens is 320 g/mol. The van der Waals surface area contributed by atoms with Gasteiger partial charge in [-0.15, -0.1) is 0 Å². The number of Topliss-reactive ketones (excluding diaryl/α,β-unsaturated/α-hetero) is 1. The largest absolute Gasteiger partial charge is 0.463 e. The van der Waals surface area contributed by atoms with E-state index < -0.39 is 18.0 Å². The number of ketones is 1. The predicted octanol–water partition coefficient (Wildman–Crippen LogP) is 3.18. The molecule has 3 rings (SSSR count). The fourth-order valence-electron chi connectivity index (χ4n) is 2.64. The smallest absolute Gasteiger partial charge is 0.347 e. The first-order chi connectivity index (χ1) is 12.1. The van der Waals surface area contributed by atoms with Crippen molar-refractivity contribution in [3.05, 3.63) is 60.2 Å². The number of ether oxygens (including phenoxy) is 2. The van der Waals surface area contributed by atoms with Crippen molar-refractivity contribution in [3.63, 3.8) is 0 Å². The van der Waals surface area contributed by atoms with E-state index in [0.717, 1.165) is 11.1 Å². The maximum absolute atomic E-state index is 12.2. The lowest BCUT2D eigenvalue weighted by molar-refractivity contribution is -0.160. The molecule has 1 aliphatic heterocycles. The zero-order chi connectivity index (χ0) is 17.6. The van der Waals surface area contributed by atoms with Gasteiger partial charge in [0.25, 0.3) is 0 Å². The molecular formula is C20H18O5. The summed E-state index contributed by atoms with van der Waals surface area (Å²) in [5.41, 5.74) is 2.65. The molecule has 0 radical (unpaired) electrons. The van der Waals surface area contributed by atoms with Gasteiger partial charge >= 0.3 is 11.9 Å². The van der Waals surface area contributed by atoms with Crippen molar-refractivity contribution in [2.75, 3.05) is 6.61 Å². The summed E-state index contributed by atoms with van der Waals surface area (Å²) in [5.74, 6) is -1.21. The summed E-state index contributed by atoms with van der Waals surface area (Å²) >= 11 is 0. The van der Waals surface area contributed by atoms with Crippen LogP contribution in [0, 0.1) is 0 Å². The zero-order valence-electron chi connectivity index (χ0n) is 13.6. The lowest BCUT2D eigenvalue weighted by Gasteiger charge is -2.08. The van der Waals surface area contributed by atoms with Gasteiger partial charge in [0.1, 0.15) is 0 Å². The Hall–Kier alpha value is -2.95. The Morgan fingerprint density at radius 1 is 0.960 bits per heavy atom. The zero-order valence-corrected chi connectivity index (χ0v) is 13.6. The van der Waals surface area contributed by atoms with Crippen molar-refractivity contribution < 1.29 is 23.9 Å². The number of hydrogen-bond acceptors (Lipinski definition) is 5. The van der Waals surface area contributed by atoms with Crippen LogP contribution in [0.3, 0.4) is 0 Å². The minimum atomic E-state index is -0.826. The van der Waals surface area contributed by atoms with E-state index in [0.29, 0.717) is 12.0 Å². The Bertz CT molecular complexity index is 764. The van der Waals surface area contributed by atoms with Gasteiger partial charge in [-0.05, 0) is 11.1 Å². The van der Waals surface area contributed by atoms with E-state index in [9.17, 15) is 14.4 Å². The SMILES string of the molecule is O=C(CCC(=O)c1ccc(-c2ccccc2)cc1)O[C@@H]1CCOC1=O. The molecule has 0 aromatic heterocycles. The Morgan fingerprint density at radius 2 is 1.64 bits per heavy atom. The molecule has 0 N–H and O–H groups in total. The first-order valence-corrected chi connectivity index (χ1v) is 8.18. The van der Waals surface area contributed by atoms with Crippen LogP contribution in [0.4, 0.5) is 0 Å². The first kappa shape index (κ1) is 16.9. The number of benzene rings is 2. The molecule has 128 valence electrons. The first-order valence-electron chi connectivity index (χ1n) is 8.18. The minimum absolute atomic E-state index is 0.0469. The van der Waals surface area contributed by atoms with Crippen molar-refractivity contribution in [2.24, 2.45) is 0 Å². The van der Waals surface area contributed by atoms with E-state index in [2.05, 4.69) is 0 Å². The molecule has 1 atom stereocenters. The summed E-state index contributed by atoms with van der Waals surface area (Å²) in [6.07, 6.45) is -0.457. The summed E-state index contributed by atoms with van der Waals surface area (Å²) < 4.78 is 9.75. The lowest BCUT2D eigenvalue weighted by Crippen LogP contribution is -2.22. The fraction of sp³-hybridized carbons (Fsp3) is 0.250. The Morgan fingerprint density at radius 3 is 2.28 bits per heavy atom. The Balaban J connectivity index is 1.53. The minimum Gasteiger partial charge on any atom is -0.463 e. The third-order valence-electron chi connectivity index (χ3n) is 4.03. The van der Waals surface area contributed by atoms with Crippen molar-refractivity contribution in [3.8, 4) is 11.1 Å². The molecule has 1 heterocycles. The second kappa shape index (κ2) is 7.75. The van der Waals surface area contributed by atoms with Crippen LogP contribution in [-0.2, 0) is 19.1 Å². The van der Waals surface area contributed by atoms with E-state index >= 15 is 0 Å².